The quantitative estimate of drug-likeness (QED) is 0.0822. The smallest absolute Gasteiger partial charge is 0.271 e. The van der Waals surface area contributed by atoms with Gasteiger partial charge >= 0.3 is 0 Å². The third kappa shape index (κ3) is 62.3. The molecule has 317 valence electrons. The van der Waals surface area contributed by atoms with Crippen LogP contribution in [0.15, 0.2) is 0 Å². The Hall–Kier alpha value is 2.87. The first-order valence-corrected chi connectivity index (χ1v) is 21.9. The normalized spacial score (nSPS) is 16.3. The summed E-state index contributed by atoms with van der Waals surface area (Å²) < 4.78 is 107. The molecular formula is C8H20O32P8Re3-12. The van der Waals surface area contributed by atoms with Crippen LogP contribution in [0.5, 0.6) is 0 Å². The summed E-state index contributed by atoms with van der Waals surface area (Å²) in [5.41, 5.74) is 0. The maximum atomic E-state index is 10.3. The Morgan fingerprint density at radius 3 is 0.510 bits per heavy atom. The van der Waals surface area contributed by atoms with Gasteiger partial charge in [0, 0.05) is 61.3 Å². The van der Waals surface area contributed by atoms with Crippen LogP contribution in [-0.2, 0) is 133 Å². The summed E-state index contributed by atoms with van der Waals surface area (Å²) in [4.78, 5) is 119. The summed E-state index contributed by atoms with van der Waals surface area (Å²) in [6.07, 6.45) is 0. The fourth-order valence-corrected chi connectivity index (χ4v) is 7.09. The Balaban J connectivity index is -0.0000000993. The third-order valence-corrected chi connectivity index (χ3v) is 10.6. The molecule has 0 saturated carbocycles. The van der Waals surface area contributed by atoms with Crippen LogP contribution in [0.25, 0.3) is 0 Å². The largest absolute Gasteiger partial charge is 0.790 e. The fourth-order valence-electron chi connectivity index (χ4n) is 1.19. The Bertz CT molecular complexity index is 1080. The molecule has 0 aliphatic heterocycles. The summed E-state index contributed by atoms with van der Waals surface area (Å²) in [5.74, 6) is 0. The number of rotatable bonds is 20. The number of phosphoric ester groups is 4. The molecule has 0 heterocycles. The van der Waals surface area contributed by atoms with Crippen molar-refractivity contribution in [1.29, 1.82) is 0 Å². The first-order valence-electron chi connectivity index (χ1n) is 10.3. The van der Waals surface area contributed by atoms with Crippen molar-refractivity contribution in [3.8, 4) is 0 Å². The number of phosphoric acid groups is 8. The second-order valence-electron chi connectivity index (χ2n) is 6.13. The van der Waals surface area contributed by atoms with Crippen LogP contribution >= 0.6 is 62.6 Å². The molecule has 0 aromatic rings. The second kappa shape index (κ2) is 31.8. The van der Waals surface area contributed by atoms with Crippen LogP contribution < -0.4 is 58.7 Å². The van der Waals surface area contributed by atoms with E-state index in [1.54, 1.807) is 0 Å². The van der Waals surface area contributed by atoms with Gasteiger partial charge in [0.25, 0.3) is 31.3 Å². The van der Waals surface area contributed by atoms with E-state index < -0.39 is 115 Å². The van der Waals surface area contributed by atoms with E-state index in [2.05, 4.69) is 35.3 Å². The van der Waals surface area contributed by atoms with E-state index in [0.717, 1.165) is 0 Å². The molecule has 4 atom stereocenters. The third-order valence-electron chi connectivity index (χ3n) is 2.16. The van der Waals surface area contributed by atoms with Crippen LogP contribution in [0, 0.1) is 0 Å². The van der Waals surface area contributed by atoms with Gasteiger partial charge in [-0.1, -0.05) is 0 Å². The molecule has 4 unspecified atom stereocenters. The SMILES string of the molecule is O=P([O-])([O-])OP(=O)([O-])OCCO.O=P([O-])([O-])OP(=O)([O-])OCCO.O=P([O-])([O-])OP(=O)([O-])OCCO.O=P([O-])([O-])OP(=O)([O-])OCCO.[Re].[Re].[Re]. The summed E-state index contributed by atoms with van der Waals surface area (Å²) in [5, 5.41) is 32.2. The van der Waals surface area contributed by atoms with Gasteiger partial charge < -0.3 is 116 Å². The van der Waals surface area contributed by atoms with Crippen LogP contribution in [-0.4, -0.2) is 73.3 Å². The molecule has 0 aliphatic rings. The number of hydrogen-bond acceptors (Lipinski definition) is 32. The van der Waals surface area contributed by atoms with Crippen LogP contribution in [0.2, 0.25) is 0 Å². The molecule has 0 aromatic carbocycles. The van der Waals surface area contributed by atoms with E-state index in [1.165, 1.54) is 0 Å². The molecule has 32 nitrogen and oxygen atoms in total. The minimum absolute atomic E-state index is 0. The van der Waals surface area contributed by atoms with Crippen molar-refractivity contribution in [2.45, 2.75) is 0 Å². The van der Waals surface area contributed by atoms with E-state index in [0.29, 0.717) is 0 Å². The van der Waals surface area contributed by atoms with E-state index >= 15 is 0 Å². The zero-order valence-corrected chi connectivity index (χ0v) is 38.9. The Morgan fingerprint density at radius 1 is 0.314 bits per heavy atom. The van der Waals surface area contributed by atoms with Crippen molar-refractivity contribution >= 4 is 62.6 Å². The van der Waals surface area contributed by atoms with Gasteiger partial charge in [-0.15, -0.1) is 0 Å². The number of aliphatic hydroxyl groups is 4. The number of aliphatic hydroxyl groups excluding tert-OH is 4. The van der Waals surface area contributed by atoms with Crippen molar-refractivity contribution in [1.82, 2.24) is 0 Å². The van der Waals surface area contributed by atoms with Gasteiger partial charge in [0.05, 0.1) is 84.1 Å². The predicted octanol–water partition coefficient (Wildman–Crippen LogP) is -10.8. The zero-order chi connectivity index (χ0) is 39.3. The monoisotopic (exact) mass is 1440 g/mol. The molecule has 3 radical (unpaired) electrons. The molecule has 0 rings (SSSR count). The van der Waals surface area contributed by atoms with Crippen molar-refractivity contribution in [2.24, 2.45) is 0 Å². The van der Waals surface area contributed by atoms with Gasteiger partial charge in [-0.05, 0) is 0 Å². The molecule has 0 saturated heterocycles. The van der Waals surface area contributed by atoms with Gasteiger partial charge in [-0.3, -0.25) is 35.5 Å². The molecule has 0 aliphatic carbocycles. The Labute approximate surface area is 326 Å². The molecule has 0 aromatic heterocycles. The Morgan fingerprint density at radius 2 is 0.431 bits per heavy atom. The molecule has 0 fully saturated rings. The summed E-state index contributed by atoms with van der Waals surface area (Å²) in [7, 11) is -43.0. The van der Waals surface area contributed by atoms with Gasteiger partial charge in [0.15, 0.2) is 0 Å². The molecular weight excluding hydrogens is 1410 g/mol. The van der Waals surface area contributed by atoms with Gasteiger partial charge in [0.1, 0.15) is 0 Å². The van der Waals surface area contributed by atoms with E-state index in [-0.39, 0.29) is 61.3 Å². The topological polar surface area (TPSA) is 568 Å². The summed E-state index contributed by atoms with van der Waals surface area (Å²) >= 11 is 0. The average molecular weight is 1430 g/mol. The minimum atomic E-state index is -5.61. The van der Waals surface area contributed by atoms with Crippen LogP contribution in [0.4, 0.5) is 0 Å². The van der Waals surface area contributed by atoms with Gasteiger partial charge in [-0.25, -0.2) is 0 Å². The van der Waals surface area contributed by atoms with Gasteiger partial charge in [-0.2, -0.15) is 0 Å². The molecule has 51 heavy (non-hydrogen) atoms. The molecule has 0 spiro atoms. The van der Waals surface area contributed by atoms with E-state index in [9.17, 15) is 95.2 Å². The van der Waals surface area contributed by atoms with E-state index in [4.69, 9.17) is 20.4 Å². The maximum Gasteiger partial charge on any atom is 0.271 e. The zero-order valence-electron chi connectivity index (χ0n) is 23.6. The first-order chi connectivity index (χ1) is 21.1. The first kappa shape index (κ1) is 68.5. The average Bonchev–Trinajstić information content (AvgIpc) is 2.79. The maximum absolute atomic E-state index is 10.3. The predicted molar refractivity (Wildman–Crippen MR) is 117 cm³/mol. The van der Waals surface area contributed by atoms with Crippen LogP contribution in [0.3, 0.4) is 0 Å². The standard InChI is InChI=1S/4C2H8O8P2.3Re/c4*3-1-2-9-12(7,8)10-11(4,5)6;;;/h4*3H,1-2H2,(H,7,8)(H2,4,5,6);;;/p-12. The van der Waals surface area contributed by atoms with Crippen molar-refractivity contribution in [2.75, 3.05) is 52.9 Å². The fraction of sp³-hybridized carbons (Fsp3) is 1.00. The van der Waals surface area contributed by atoms with Crippen molar-refractivity contribution in [3.63, 3.8) is 0 Å². The molecule has 0 amide bonds. The van der Waals surface area contributed by atoms with Crippen molar-refractivity contribution < 1.29 is 212 Å². The Kier molecular flexibility index (Phi) is 42.7. The summed E-state index contributed by atoms with van der Waals surface area (Å²) in [6, 6.07) is 0. The van der Waals surface area contributed by atoms with Gasteiger partial charge in [0.2, 0.25) is 0 Å². The summed E-state index contributed by atoms with van der Waals surface area (Å²) in [6.45, 7) is -5.23. The minimum Gasteiger partial charge on any atom is -0.790 e. The van der Waals surface area contributed by atoms with Crippen molar-refractivity contribution in [3.05, 3.63) is 0 Å². The van der Waals surface area contributed by atoms with Crippen LogP contribution in [0.1, 0.15) is 0 Å². The van der Waals surface area contributed by atoms with E-state index in [1.807, 2.05) is 0 Å². The number of hydrogen-bond donors (Lipinski definition) is 4. The molecule has 0 bridgehead atoms. The molecule has 4 N–H and O–H groups in total. The second-order valence-corrected chi connectivity index (χ2v) is 16.9. The molecule has 43 heteroatoms.